The molecule has 0 radical (unpaired) electrons. The maximum absolute atomic E-state index is 5.38. The number of hydrazine groups is 1. The molecular formula is C12H18N4. The average Bonchev–Trinajstić information content (AvgIpc) is 2.89. The number of nitrogen functional groups attached to an aromatic ring is 1. The van der Waals surface area contributed by atoms with E-state index in [1.54, 1.807) is 0 Å². The zero-order valence-electron chi connectivity index (χ0n) is 9.39. The number of nitrogens with zero attached hydrogens (tertiary/aromatic N) is 2. The van der Waals surface area contributed by atoms with Gasteiger partial charge in [-0.05, 0) is 30.7 Å². The molecule has 4 nitrogen and oxygen atoms in total. The van der Waals surface area contributed by atoms with Gasteiger partial charge in [-0.1, -0.05) is 6.42 Å². The van der Waals surface area contributed by atoms with Crippen LogP contribution in [0.1, 0.15) is 19.3 Å². The molecule has 3 rings (SSSR count). The summed E-state index contributed by atoms with van der Waals surface area (Å²) < 4.78 is 0. The van der Waals surface area contributed by atoms with Gasteiger partial charge in [0.1, 0.15) is 5.82 Å². The van der Waals surface area contributed by atoms with Gasteiger partial charge in [0.25, 0.3) is 0 Å². The number of aromatic nitrogens is 1. The van der Waals surface area contributed by atoms with Crippen LogP contribution >= 0.6 is 0 Å². The molecule has 0 amide bonds. The van der Waals surface area contributed by atoms with Crippen molar-refractivity contribution in [2.45, 2.75) is 19.3 Å². The molecule has 1 aromatic heterocycles. The van der Waals surface area contributed by atoms with Crippen molar-refractivity contribution < 1.29 is 0 Å². The number of hydrogen-bond donors (Lipinski definition) is 2. The summed E-state index contributed by atoms with van der Waals surface area (Å²) in [6, 6.07) is 4.10. The normalized spacial score (nSPS) is 28.2. The quantitative estimate of drug-likeness (QED) is 0.585. The predicted molar refractivity (Wildman–Crippen MR) is 65.1 cm³/mol. The molecule has 4 heteroatoms. The molecule has 0 aromatic carbocycles. The van der Waals surface area contributed by atoms with Crippen molar-refractivity contribution in [2.75, 3.05) is 23.4 Å². The van der Waals surface area contributed by atoms with Gasteiger partial charge in [-0.25, -0.2) is 10.8 Å². The van der Waals surface area contributed by atoms with Gasteiger partial charge in [-0.15, -0.1) is 0 Å². The van der Waals surface area contributed by atoms with Gasteiger partial charge in [0.2, 0.25) is 0 Å². The van der Waals surface area contributed by atoms with Crippen LogP contribution in [0.15, 0.2) is 18.3 Å². The van der Waals surface area contributed by atoms with Gasteiger partial charge in [-0.2, -0.15) is 0 Å². The van der Waals surface area contributed by atoms with Crippen molar-refractivity contribution in [3.63, 3.8) is 0 Å². The highest BCUT2D eigenvalue weighted by atomic mass is 15.3. The Hall–Kier alpha value is -1.29. The van der Waals surface area contributed by atoms with Crippen molar-refractivity contribution in [2.24, 2.45) is 17.7 Å². The third-order valence-corrected chi connectivity index (χ3v) is 3.98. The van der Waals surface area contributed by atoms with Crippen LogP contribution in [0.3, 0.4) is 0 Å². The van der Waals surface area contributed by atoms with Gasteiger partial charge >= 0.3 is 0 Å². The largest absolute Gasteiger partial charge is 0.371 e. The lowest BCUT2D eigenvalue weighted by atomic mass is 10.0. The summed E-state index contributed by atoms with van der Waals surface area (Å²) in [6.07, 6.45) is 6.07. The van der Waals surface area contributed by atoms with Gasteiger partial charge in [0.15, 0.2) is 0 Å². The smallest absolute Gasteiger partial charge is 0.141 e. The zero-order chi connectivity index (χ0) is 11.0. The minimum atomic E-state index is 0.745. The van der Waals surface area contributed by atoms with Crippen LogP contribution in [-0.4, -0.2) is 18.1 Å². The maximum Gasteiger partial charge on any atom is 0.141 e. The summed E-state index contributed by atoms with van der Waals surface area (Å²) in [7, 11) is 0. The molecule has 1 saturated carbocycles. The molecule has 1 aliphatic carbocycles. The van der Waals surface area contributed by atoms with E-state index in [0.29, 0.717) is 0 Å². The lowest BCUT2D eigenvalue weighted by molar-refractivity contribution is 0.494. The van der Waals surface area contributed by atoms with E-state index < -0.39 is 0 Å². The molecule has 2 heterocycles. The minimum absolute atomic E-state index is 0.745. The standard InChI is InChI=1S/C12H18N4/c13-15-12-6-11(4-5-14-12)16-7-9-2-1-3-10(9)8-16/h4-6,9-10H,1-3,7-8,13H2,(H,14,15). The maximum atomic E-state index is 5.38. The number of rotatable bonds is 2. The first-order chi connectivity index (χ1) is 7.86. The summed E-state index contributed by atoms with van der Waals surface area (Å²) in [5.41, 5.74) is 3.85. The number of anilines is 2. The Morgan fingerprint density at radius 3 is 2.75 bits per heavy atom. The molecule has 2 aliphatic rings. The van der Waals surface area contributed by atoms with E-state index in [2.05, 4.69) is 21.4 Å². The molecule has 2 unspecified atom stereocenters. The molecule has 0 spiro atoms. The highest BCUT2D eigenvalue weighted by Crippen LogP contribution is 2.39. The van der Waals surface area contributed by atoms with E-state index in [1.165, 1.54) is 38.0 Å². The van der Waals surface area contributed by atoms with E-state index in [1.807, 2.05) is 12.3 Å². The van der Waals surface area contributed by atoms with Crippen LogP contribution in [-0.2, 0) is 0 Å². The zero-order valence-corrected chi connectivity index (χ0v) is 9.39. The molecular weight excluding hydrogens is 200 g/mol. The van der Waals surface area contributed by atoms with E-state index in [-0.39, 0.29) is 0 Å². The summed E-state index contributed by atoms with van der Waals surface area (Å²) in [5, 5.41) is 0. The van der Waals surface area contributed by atoms with Gasteiger partial charge in [0.05, 0.1) is 0 Å². The van der Waals surface area contributed by atoms with Crippen molar-refractivity contribution in [1.82, 2.24) is 4.98 Å². The number of nitrogens with one attached hydrogen (secondary N) is 1. The van der Waals surface area contributed by atoms with E-state index in [0.717, 1.165) is 17.7 Å². The fourth-order valence-electron chi connectivity index (χ4n) is 3.14. The van der Waals surface area contributed by atoms with Crippen LogP contribution in [0, 0.1) is 11.8 Å². The SMILES string of the molecule is NNc1cc(N2CC3CCCC3C2)ccn1. The molecule has 3 N–H and O–H groups in total. The predicted octanol–water partition coefficient (Wildman–Crippen LogP) is 1.60. The van der Waals surface area contributed by atoms with Crippen LogP contribution < -0.4 is 16.2 Å². The first-order valence-corrected chi connectivity index (χ1v) is 6.04. The molecule has 2 fully saturated rings. The van der Waals surface area contributed by atoms with Crippen LogP contribution in [0.4, 0.5) is 11.5 Å². The Bertz CT molecular complexity index is 367. The summed E-state index contributed by atoms with van der Waals surface area (Å²) in [4.78, 5) is 6.61. The Balaban J connectivity index is 1.78. The lowest BCUT2D eigenvalue weighted by Crippen LogP contribution is -2.21. The number of fused-ring (bicyclic) bond motifs is 1. The topological polar surface area (TPSA) is 54.2 Å². The number of pyridine rings is 1. The van der Waals surface area contributed by atoms with E-state index in [9.17, 15) is 0 Å². The second-order valence-electron chi connectivity index (χ2n) is 4.90. The Labute approximate surface area is 95.8 Å². The third kappa shape index (κ3) is 1.63. The summed E-state index contributed by atoms with van der Waals surface area (Å²) in [5.74, 6) is 7.96. The monoisotopic (exact) mass is 218 g/mol. The third-order valence-electron chi connectivity index (χ3n) is 3.98. The van der Waals surface area contributed by atoms with E-state index >= 15 is 0 Å². The van der Waals surface area contributed by atoms with E-state index in [4.69, 9.17) is 5.84 Å². The van der Waals surface area contributed by atoms with Crippen molar-refractivity contribution >= 4 is 11.5 Å². The van der Waals surface area contributed by atoms with Crippen molar-refractivity contribution in [1.29, 1.82) is 0 Å². The summed E-state index contributed by atoms with van der Waals surface area (Å²) >= 11 is 0. The first kappa shape index (κ1) is 9.90. The van der Waals surface area contributed by atoms with Crippen molar-refractivity contribution in [3.05, 3.63) is 18.3 Å². The van der Waals surface area contributed by atoms with Gasteiger partial charge in [0, 0.05) is 31.0 Å². The molecule has 2 atom stereocenters. The highest BCUT2D eigenvalue weighted by Gasteiger charge is 2.36. The Kier molecular flexibility index (Phi) is 2.44. The molecule has 1 aliphatic heterocycles. The average molecular weight is 218 g/mol. The molecule has 1 saturated heterocycles. The van der Waals surface area contributed by atoms with Gasteiger partial charge in [-0.3, -0.25) is 0 Å². The minimum Gasteiger partial charge on any atom is -0.371 e. The second kappa shape index (κ2) is 3.94. The fraction of sp³-hybridized carbons (Fsp3) is 0.583. The van der Waals surface area contributed by atoms with Crippen LogP contribution in [0.5, 0.6) is 0 Å². The van der Waals surface area contributed by atoms with Crippen LogP contribution in [0.25, 0.3) is 0 Å². The Morgan fingerprint density at radius 2 is 2.06 bits per heavy atom. The number of nitrogens with two attached hydrogens (primary N) is 1. The van der Waals surface area contributed by atoms with Gasteiger partial charge < -0.3 is 10.3 Å². The highest BCUT2D eigenvalue weighted by molar-refractivity contribution is 5.54. The lowest BCUT2D eigenvalue weighted by Gasteiger charge is -2.19. The Morgan fingerprint density at radius 1 is 1.31 bits per heavy atom. The van der Waals surface area contributed by atoms with Crippen molar-refractivity contribution in [3.8, 4) is 0 Å². The second-order valence-corrected chi connectivity index (χ2v) is 4.90. The van der Waals surface area contributed by atoms with Crippen LogP contribution in [0.2, 0.25) is 0 Å². The first-order valence-electron chi connectivity index (χ1n) is 6.04. The summed E-state index contributed by atoms with van der Waals surface area (Å²) in [6.45, 7) is 2.41. The fourth-order valence-corrected chi connectivity index (χ4v) is 3.14. The number of hydrogen-bond acceptors (Lipinski definition) is 4. The molecule has 16 heavy (non-hydrogen) atoms. The molecule has 0 bridgehead atoms. The molecule has 1 aromatic rings. The molecule has 86 valence electrons.